The molecule has 152 valence electrons. The summed E-state index contributed by atoms with van der Waals surface area (Å²) in [6.07, 6.45) is 4.97. The first kappa shape index (κ1) is 18.4. The van der Waals surface area contributed by atoms with Crippen LogP contribution in [0.25, 0.3) is 16.7 Å². The van der Waals surface area contributed by atoms with Crippen molar-refractivity contribution in [1.82, 2.24) is 4.90 Å². The first-order valence-electron chi connectivity index (χ1n) is 10.2. The molecule has 29 heavy (non-hydrogen) atoms. The lowest BCUT2D eigenvalue weighted by Gasteiger charge is -2.40. The minimum atomic E-state index is 0.310. The summed E-state index contributed by atoms with van der Waals surface area (Å²) in [5.41, 5.74) is 6.26. The van der Waals surface area contributed by atoms with Gasteiger partial charge >= 0.3 is 0 Å². The molecule has 3 aliphatic rings. The molecule has 2 aliphatic heterocycles. The lowest BCUT2D eigenvalue weighted by atomic mass is 9.72. The highest BCUT2D eigenvalue weighted by atomic mass is 16.5. The van der Waals surface area contributed by atoms with E-state index in [9.17, 15) is 0 Å². The molecular formula is C24H27NO4. The topological polar surface area (TPSA) is 40.2 Å². The molecule has 0 unspecified atom stereocenters. The van der Waals surface area contributed by atoms with Crippen LogP contribution in [0.5, 0.6) is 23.0 Å². The van der Waals surface area contributed by atoms with Crippen molar-refractivity contribution in [2.75, 3.05) is 41.5 Å². The van der Waals surface area contributed by atoms with E-state index in [0.29, 0.717) is 12.0 Å². The van der Waals surface area contributed by atoms with Crippen LogP contribution in [0.1, 0.15) is 29.9 Å². The third-order valence-electron chi connectivity index (χ3n) is 6.63. The van der Waals surface area contributed by atoms with E-state index >= 15 is 0 Å². The van der Waals surface area contributed by atoms with Crippen molar-refractivity contribution in [3.05, 3.63) is 41.5 Å². The van der Waals surface area contributed by atoms with Crippen LogP contribution in [0, 0.1) is 0 Å². The van der Waals surface area contributed by atoms with Crippen molar-refractivity contribution < 1.29 is 18.9 Å². The lowest BCUT2D eigenvalue weighted by molar-refractivity contribution is 0.273. The number of rotatable bonds is 4. The molecular weight excluding hydrogens is 366 g/mol. The molecule has 2 heterocycles. The van der Waals surface area contributed by atoms with Crippen LogP contribution in [-0.2, 0) is 0 Å². The molecule has 0 N–H and O–H groups in total. The predicted molar refractivity (Wildman–Crippen MR) is 113 cm³/mol. The Morgan fingerprint density at radius 1 is 0.759 bits per heavy atom. The van der Waals surface area contributed by atoms with Crippen LogP contribution >= 0.6 is 0 Å². The van der Waals surface area contributed by atoms with Crippen LogP contribution in [0.3, 0.4) is 0 Å². The predicted octanol–water partition coefficient (Wildman–Crippen LogP) is 4.35. The maximum atomic E-state index is 5.64. The second-order valence-electron chi connectivity index (χ2n) is 7.93. The van der Waals surface area contributed by atoms with Gasteiger partial charge in [-0.3, -0.25) is 4.90 Å². The number of fused-ring (bicyclic) bond motifs is 7. The summed E-state index contributed by atoms with van der Waals surface area (Å²) in [5, 5.41) is 0. The Bertz CT molecular complexity index is 997. The van der Waals surface area contributed by atoms with Crippen LogP contribution in [0.2, 0.25) is 0 Å². The minimum Gasteiger partial charge on any atom is -0.493 e. The van der Waals surface area contributed by atoms with Crippen LogP contribution in [0.4, 0.5) is 0 Å². The molecule has 5 rings (SSSR count). The summed E-state index contributed by atoms with van der Waals surface area (Å²) in [6.45, 7) is 2.21. The van der Waals surface area contributed by atoms with Gasteiger partial charge in [-0.1, -0.05) is 6.08 Å². The molecule has 2 aromatic rings. The van der Waals surface area contributed by atoms with Crippen molar-refractivity contribution in [2.24, 2.45) is 0 Å². The lowest BCUT2D eigenvalue weighted by Crippen LogP contribution is -2.37. The van der Waals surface area contributed by atoms with Gasteiger partial charge in [0.2, 0.25) is 0 Å². The average molecular weight is 393 g/mol. The third kappa shape index (κ3) is 2.71. The van der Waals surface area contributed by atoms with Gasteiger partial charge < -0.3 is 18.9 Å². The highest BCUT2D eigenvalue weighted by molar-refractivity contribution is 5.94. The summed E-state index contributed by atoms with van der Waals surface area (Å²) in [4.78, 5) is 2.61. The second kappa shape index (κ2) is 6.99. The Hall–Kier alpha value is -2.66. The summed E-state index contributed by atoms with van der Waals surface area (Å²) < 4.78 is 22.5. The number of ether oxygens (including phenoxy) is 4. The summed E-state index contributed by atoms with van der Waals surface area (Å²) >= 11 is 0. The Balaban J connectivity index is 1.79. The largest absolute Gasteiger partial charge is 0.493 e. The minimum absolute atomic E-state index is 0.310. The number of nitrogens with zero attached hydrogens (tertiary/aromatic N) is 1. The Labute approximate surface area is 171 Å². The Morgan fingerprint density at radius 2 is 1.34 bits per heavy atom. The van der Waals surface area contributed by atoms with Crippen LogP contribution in [0.15, 0.2) is 30.3 Å². The van der Waals surface area contributed by atoms with Gasteiger partial charge in [0.1, 0.15) is 0 Å². The molecule has 1 fully saturated rings. The van der Waals surface area contributed by atoms with E-state index in [1.54, 1.807) is 28.4 Å². The highest BCUT2D eigenvalue weighted by Gasteiger charge is 2.39. The van der Waals surface area contributed by atoms with Crippen molar-refractivity contribution in [3.63, 3.8) is 0 Å². The molecule has 0 aromatic heterocycles. The van der Waals surface area contributed by atoms with E-state index in [4.69, 9.17) is 18.9 Å². The van der Waals surface area contributed by atoms with Crippen molar-refractivity contribution in [3.8, 4) is 34.1 Å². The van der Waals surface area contributed by atoms with Crippen molar-refractivity contribution in [2.45, 2.75) is 24.8 Å². The van der Waals surface area contributed by atoms with Gasteiger partial charge in [0, 0.05) is 18.5 Å². The number of benzene rings is 2. The van der Waals surface area contributed by atoms with Crippen LogP contribution in [-0.4, -0.2) is 52.5 Å². The molecule has 0 saturated carbocycles. The SMILES string of the molecule is COc1cc2c(cc1OC)-c1cc(OC)c(OC)cc1[C@H]1CN3CCC[C@H]3C=C21. The zero-order valence-electron chi connectivity index (χ0n) is 17.5. The fourth-order valence-corrected chi connectivity index (χ4v) is 5.22. The van der Waals surface area contributed by atoms with E-state index in [0.717, 1.165) is 35.1 Å². The first-order valence-corrected chi connectivity index (χ1v) is 10.2. The van der Waals surface area contributed by atoms with E-state index < -0.39 is 0 Å². The van der Waals surface area contributed by atoms with E-state index in [2.05, 4.69) is 35.2 Å². The Kier molecular flexibility index (Phi) is 4.43. The second-order valence-corrected chi connectivity index (χ2v) is 7.93. The quantitative estimate of drug-likeness (QED) is 0.773. The molecule has 2 atom stereocenters. The van der Waals surface area contributed by atoms with Gasteiger partial charge in [-0.25, -0.2) is 0 Å². The van der Waals surface area contributed by atoms with E-state index in [1.165, 1.54) is 41.6 Å². The van der Waals surface area contributed by atoms with Gasteiger partial charge in [0.15, 0.2) is 23.0 Å². The maximum absolute atomic E-state index is 5.64. The smallest absolute Gasteiger partial charge is 0.161 e. The van der Waals surface area contributed by atoms with Crippen molar-refractivity contribution >= 4 is 5.57 Å². The van der Waals surface area contributed by atoms with Crippen LogP contribution < -0.4 is 18.9 Å². The monoisotopic (exact) mass is 393 g/mol. The zero-order valence-corrected chi connectivity index (χ0v) is 17.5. The van der Waals surface area contributed by atoms with Gasteiger partial charge in [0.25, 0.3) is 0 Å². The number of hydrogen-bond donors (Lipinski definition) is 0. The molecule has 5 heteroatoms. The summed E-state index contributed by atoms with van der Waals surface area (Å²) in [6, 6.07) is 9.02. The molecule has 0 bridgehead atoms. The van der Waals surface area contributed by atoms with Gasteiger partial charge in [-0.15, -0.1) is 0 Å². The Morgan fingerprint density at radius 3 is 2.00 bits per heavy atom. The fraction of sp³-hybridized carbons (Fsp3) is 0.417. The molecule has 0 amide bonds. The number of hydrogen-bond acceptors (Lipinski definition) is 5. The standard InChI is InChI=1S/C24H27NO4/c1-26-21-9-16-15-8-14-6-5-7-25(14)13-20(15)19-12-24(29-4)23(28-3)11-18(19)17(16)10-22(21)27-2/h8-12,14,20H,5-7,13H2,1-4H3/t14-,20-/m0/s1. The normalized spacial score (nSPS) is 22.0. The fourth-order valence-electron chi connectivity index (χ4n) is 5.22. The molecule has 2 aromatic carbocycles. The first-order chi connectivity index (χ1) is 14.2. The van der Waals surface area contributed by atoms with E-state index in [-0.39, 0.29) is 0 Å². The molecule has 1 aliphatic carbocycles. The average Bonchev–Trinajstić information content (AvgIpc) is 3.23. The molecule has 0 radical (unpaired) electrons. The van der Waals surface area contributed by atoms with Gasteiger partial charge in [0.05, 0.1) is 28.4 Å². The van der Waals surface area contributed by atoms with E-state index in [1.807, 2.05) is 0 Å². The molecule has 5 nitrogen and oxygen atoms in total. The highest BCUT2D eigenvalue weighted by Crippen LogP contribution is 2.54. The summed E-state index contributed by atoms with van der Waals surface area (Å²) in [5.74, 6) is 3.34. The van der Waals surface area contributed by atoms with Gasteiger partial charge in [-0.05, 0) is 71.5 Å². The van der Waals surface area contributed by atoms with Crippen molar-refractivity contribution in [1.29, 1.82) is 0 Å². The molecule has 0 spiro atoms. The number of methoxy groups -OCH3 is 4. The zero-order chi connectivity index (χ0) is 20.1. The third-order valence-corrected chi connectivity index (χ3v) is 6.63. The molecule has 1 saturated heterocycles. The maximum Gasteiger partial charge on any atom is 0.161 e. The van der Waals surface area contributed by atoms with Gasteiger partial charge in [-0.2, -0.15) is 0 Å². The summed E-state index contributed by atoms with van der Waals surface area (Å²) in [7, 11) is 6.76.